The average Bonchev–Trinajstić information content (AvgIpc) is 3.79. The van der Waals surface area contributed by atoms with E-state index in [-0.39, 0.29) is 25.7 Å². The highest BCUT2D eigenvalue weighted by Gasteiger charge is 2.30. The molecular weight excluding hydrogens is 1270 g/mol. The van der Waals surface area contributed by atoms with Crippen LogP contribution < -0.4 is 0 Å². The van der Waals surface area contributed by atoms with Gasteiger partial charge in [0, 0.05) is 25.7 Å². The third-order valence-electron chi connectivity index (χ3n) is 18.6. The first kappa shape index (κ1) is 95.1. The molecule has 0 aliphatic carbocycles. The van der Waals surface area contributed by atoms with Gasteiger partial charge in [0.15, 0.2) is 12.2 Å². The Kier molecular flexibility index (Phi) is 68.4. The Morgan fingerprint density at radius 1 is 0.299 bits per heavy atom. The van der Waals surface area contributed by atoms with Crippen LogP contribution in [-0.2, 0) is 65.4 Å². The van der Waals surface area contributed by atoms with Gasteiger partial charge in [0.1, 0.15) is 19.3 Å². The summed E-state index contributed by atoms with van der Waals surface area (Å²) in [5, 5.41) is 10.6. The highest BCUT2D eigenvalue weighted by atomic mass is 31.2. The summed E-state index contributed by atoms with van der Waals surface area (Å²) in [6.45, 7) is 9.62. The van der Waals surface area contributed by atoms with Crippen LogP contribution in [0, 0.1) is 11.8 Å². The van der Waals surface area contributed by atoms with Gasteiger partial charge in [-0.2, -0.15) is 0 Å². The van der Waals surface area contributed by atoms with Crippen molar-refractivity contribution >= 4 is 39.5 Å². The van der Waals surface area contributed by atoms with Gasteiger partial charge in [-0.25, -0.2) is 9.13 Å². The lowest BCUT2D eigenvalue weighted by Gasteiger charge is -2.21. The maximum atomic E-state index is 13.1. The molecule has 0 bridgehead atoms. The summed E-state index contributed by atoms with van der Waals surface area (Å²) in [7, 11) is -9.91. The van der Waals surface area contributed by atoms with E-state index in [4.69, 9.17) is 37.0 Å². The van der Waals surface area contributed by atoms with Gasteiger partial charge < -0.3 is 33.8 Å². The van der Waals surface area contributed by atoms with Crippen LogP contribution >= 0.6 is 15.6 Å². The highest BCUT2D eigenvalue weighted by Crippen LogP contribution is 2.45. The van der Waals surface area contributed by atoms with Gasteiger partial charge in [0.25, 0.3) is 0 Å². The smallest absolute Gasteiger partial charge is 0.462 e. The molecule has 0 aromatic rings. The molecule has 0 aromatic carbocycles. The zero-order chi connectivity index (χ0) is 71.4. The summed E-state index contributed by atoms with van der Waals surface area (Å²) in [5.41, 5.74) is 0. The van der Waals surface area contributed by atoms with Gasteiger partial charge in [-0.1, -0.05) is 356 Å². The maximum Gasteiger partial charge on any atom is 0.472 e. The molecule has 0 rings (SSSR count). The van der Waals surface area contributed by atoms with Crippen LogP contribution in [0.5, 0.6) is 0 Å². The van der Waals surface area contributed by atoms with Crippen molar-refractivity contribution in [2.75, 3.05) is 39.6 Å². The Hall–Kier alpha value is -1.94. The van der Waals surface area contributed by atoms with Crippen molar-refractivity contribution in [2.45, 2.75) is 426 Å². The molecule has 0 aromatic heterocycles. The molecule has 576 valence electrons. The molecule has 3 unspecified atom stereocenters. The number of phosphoric acid groups is 2. The summed E-state index contributed by atoms with van der Waals surface area (Å²) in [6.07, 6.45) is 58.4. The number of aliphatic hydroxyl groups excluding tert-OH is 1. The number of rotatable bonds is 77. The van der Waals surface area contributed by atoms with Crippen LogP contribution in [-0.4, -0.2) is 96.7 Å². The van der Waals surface area contributed by atoms with E-state index in [2.05, 4.69) is 41.5 Å². The second-order valence-corrected chi connectivity index (χ2v) is 31.7. The minimum absolute atomic E-state index is 0.106. The molecule has 0 aliphatic rings. The minimum atomic E-state index is -4.96. The van der Waals surface area contributed by atoms with Crippen LogP contribution in [0.2, 0.25) is 0 Å². The summed E-state index contributed by atoms with van der Waals surface area (Å²) in [4.78, 5) is 72.8. The lowest BCUT2D eigenvalue weighted by atomic mass is 9.99. The van der Waals surface area contributed by atoms with E-state index >= 15 is 0 Å². The molecule has 0 radical (unpaired) electrons. The van der Waals surface area contributed by atoms with Crippen molar-refractivity contribution in [2.24, 2.45) is 11.8 Å². The fourth-order valence-corrected chi connectivity index (χ4v) is 13.6. The van der Waals surface area contributed by atoms with Gasteiger partial charge in [-0.15, -0.1) is 0 Å². The number of phosphoric ester groups is 2. The first-order chi connectivity index (χ1) is 46.9. The molecule has 0 aliphatic heterocycles. The number of esters is 4. The zero-order valence-corrected chi connectivity index (χ0v) is 65.2. The van der Waals surface area contributed by atoms with E-state index in [1.807, 2.05) is 0 Å². The van der Waals surface area contributed by atoms with Crippen molar-refractivity contribution in [3.8, 4) is 0 Å². The first-order valence-electron chi connectivity index (χ1n) is 40.5. The molecule has 97 heavy (non-hydrogen) atoms. The van der Waals surface area contributed by atoms with Crippen molar-refractivity contribution in [3.63, 3.8) is 0 Å². The first-order valence-corrected chi connectivity index (χ1v) is 43.5. The fourth-order valence-electron chi connectivity index (χ4n) is 12.0. The summed E-state index contributed by atoms with van der Waals surface area (Å²) in [5.74, 6) is -0.511. The van der Waals surface area contributed by atoms with Gasteiger partial charge >= 0.3 is 39.5 Å². The molecule has 17 nitrogen and oxygen atoms in total. The molecule has 0 fully saturated rings. The number of hydrogen-bond acceptors (Lipinski definition) is 15. The summed E-state index contributed by atoms with van der Waals surface area (Å²) in [6, 6.07) is 0. The standard InChI is InChI=1S/C78H152O17P2/c1-7-10-12-14-16-17-18-19-20-21-22-25-28-31-37-43-49-55-61-76(81)89-67-74(95-77(82)62-56-50-44-38-32-29-26-23-24-27-30-35-41-46-52-58-70(4)5)69-93-97(86,87)91-65-72(79)64-90-96(84,85)92-68-73(66-88-75(80)60-54-48-40-15-13-11-8-2)94-78(83)63-57-51-45-39-34-33-36-42-47-53-59-71(6)9-3/h70-74,79H,7-69H2,1-6H3,(H,84,85)(H,86,87)/t71?,72-,73+,74+/m0/s1. The summed E-state index contributed by atoms with van der Waals surface area (Å²) >= 11 is 0. The minimum Gasteiger partial charge on any atom is -0.462 e. The van der Waals surface area contributed by atoms with Gasteiger partial charge in [-0.05, 0) is 37.5 Å². The van der Waals surface area contributed by atoms with E-state index in [9.17, 15) is 43.2 Å². The van der Waals surface area contributed by atoms with Gasteiger partial charge in [0.05, 0.1) is 26.4 Å². The largest absolute Gasteiger partial charge is 0.472 e. The second kappa shape index (κ2) is 69.8. The number of carbonyl (C=O) groups is 4. The average molecular weight is 1420 g/mol. The molecule has 0 spiro atoms. The Morgan fingerprint density at radius 3 is 0.784 bits per heavy atom. The van der Waals surface area contributed by atoms with Gasteiger partial charge in [0.2, 0.25) is 0 Å². The van der Waals surface area contributed by atoms with Crippen LogP contribution in [0.3, 0.4) is 0 Å². The number of aliphatic hydroxyl groups is 1. The van der Waals surface area contributed by atoms with Crippen molar-refractivity contribution < 1.29 is 80.2 Å². The maximum absolute atomic E-state index is 13.1. The molecule has 0 saturated heterocycles. The predicted octanol–water partition coefficient (Wildman–Crippen LogP) is 23.1. The third-order valence-corrected chi connectivity index (χ3v) is 20.5. The topological polar surface area (TPSA) is 237 Å². The Bertz CT molecular complexity index is 1870. The van der Waals surface area contributed by atoms with Crippen molar-refractivity contribution in [1.29, 1.82) is 0 Å². The number of hydrogen-bond donors (Lipinski definition) is 3. The molecule has 0 saturated carbocycles. The van der Waals surface area contributed by atoms with Crippen LogP contribution in [0.1, 0.15) is 408 Å². The van der Waals surface area contributed by atoms with E-state index in [1.54, 1.807) is 0 Å². The van der Waals surface area contributed by atoms with Gasteiger partial charge in [-0.3, -0.25) is 37.3 Å². The lowest BCUT2D eigenvalue weighted by molar-refractivity contribution is -0.161. The Morgan fingerprint density at radius 2 is 0.526 bits per heavy atom. The van der Waals surface area contributed by atoms with E-state index < -0.39 is 97.5 Å². The molecule has 0 heterocycles. The molecule has 19 heteroatoms. The van der Waals surface area contributed by atoms with Crippen molar-refractivity contribution in [3.05, 3.63) is 0 Å². The normalized spacial score (nSPS) is 14.2. The van der Waals surface area contributed by atoms with Crippen LogP contribution in [0.4, 0.5) is 0 Å². The summed E-state index contributed by atoms with van der Waals surface area (Å²) < 4.78 is 68.5. The number of unbranched alkanes of at least 4 members (excludes halogenated alkanes) is 46. The fraction of sp³-hybridized carbons (Fsp3) is 0.949. The van der Waals surface area contributed by atoms with E-state index in [0.29, 0.717) is 25.7 Å². The van der Waals surface area contributed by atoms with Crippen molar-refractivity contribution in [1.82, 2.24) is 0 Å². The predicted molar refractivity (Wildman–Crippen MR) is 395 cm³/mol. The van der Waals surface area contributed by atoms with E-state index in [0.717, 1.165) is 115 Å². The Balaban J connectivity index is 5.19. The molecular formula is C78H152O17P2. The third kappa shape index (κ3) is 70.9. The lowest BCUT2D eigenvalue weighted by Crippen LogP contribution is -2.30. The number of ether oxygens (including phenoxy) is 4. The van der Waals surface area contributed by atoms with Crippen LogP contribution in [0.15, 0.2) is 0 Å². The SMILES string of the molecule is CCCCCCCCCCCCCCCCCCCCC(=O)OC[C@H](COP(=O)(O)OC[C@@H](O)COP(=O)(O)OC[C@@H](COC(=O)CCCCCCCCC)OC(=O)CCCCCCCCCCCCC(C)CC)OC(=O)CCCCCCCCCCCCCCCCCC(C)C. The zero-order valence-electron chi connectivity index (χ0n) is 63.4. The quantitative estimate of drug-likeness (QED) is 0.0222. The Labute approximate surface area is 594 Å². The number of carbonyl (C=O) groups excluding carboxylic acids is 4. The molecule has 0 amide bonds. The van der Waals surface area contributed by atoms with Crippen LogP contribution in [0.25, 0.3) is 0 Å². The van der Waals surface area contributed by atoms with E-state index in [1.165, 1.54) is 212 Å². The monoisotopic (exact) mass is 1420 g/mol. The molecule has 6 atom stereocenters. The highest BCUT2D eigenvalue weighted by molar-refractivity contribution is 7.47. The molecule has 3 N–H and O–H groups in total. The second-order valence-electron chi connectivity index (χ2n) is 28.8.